The lowest BCUT2D eigenvalue weighted by atomic mass is 10.0. The van der Waals surface area contributed by atoms with Crippen molar-refractivity contribution in [2.24, 2.45) is 0 Å². The Labute approximate surface area is 76.5 Å². The summed E-state index contributed by atoms with van der Waals surface area (Å²) in [5, 5.41) is 0. The summed E-state index contributed by atoms with van der Waals surface area (Å²) in [4.78, 5) is 22.3. The number of ketones is 1. The standard InChI is InChI=1S/C9H12O4/c1-5(10)6-7(12-4)9(2,3)13-8(6)11/h1-4H3. The fraction of sp³-hybridized carbons (Fsp3) is 0.556. The van der Waals surface area contributed by atoms with E-state index in [1.165, 1.54) is 14.0 Å². The van der Waals surface area contributed by atoms with Crippen LogP contribution >= 0.6 is 0 Å². The SMILES string of the molecule is COC1=C(C(C)=O)C(=O)OC1(C)C. The molecule has 0 aliphatic carbocycles. The summed E-state index contributed by atoms with van der Waals surface area (Å²) in [7, 11) is 1.42. The van der Waals surface area contributed by atoms with E-state index < -0.39 is 11.6 Å². The lowest BCUT2D eigenvalue weighted by molar-refractivity contribution is -0.146. The van der Waals surface area contributed by atoms with Crippen LogP contribution in [0.15, 0.2) is 11.3 Å². The van der Waals surface area contributed by atoms with Crippen molar-refractivity contribution < 1.29 is 19.1 Å². The van der Waals surface area contributed by atoms with Gasteiger partial charge in [0.1, 0.15) is 5.57 Å². The molecule has 0 amide bonds. The molecule has 0 bridgehead atoms. The van der Waals surface area contributed by atoms with E-state index in [4.69, 9.17) is 9.47 Å². The van der Waals surface area contributed by atoms with E-state index in [2.05, 4.69) is 0 Å². The first-order valence-electron chi connectivity index (χ1n) is 3.93. The number of carbonyl (C=O) groups is 2. The first-order valence-corrected chi connectivity index (χ1v) is 3.93. The highest BCUT2D eigenvalue weighted by Gasteiger charge is 2.43. The van der Waals surface area contributed by atoms with Gasteiger partial charge >= 0.3 is 5.97 Å². The molecule has 4 nitrogen and oxygen atoms in total. The van der Waals surface area contributed by atoms with Gasteiger partial charge in [-0.3, -0.25) is 4.79 Å². The van der Waals surface area contributed by atoms with Gasteiger partial charge in [0.05, 0.1) is 7.11 Å². The highest BCUT2D eigenvalue weighted by molar-refractivity contribution is 6.18. The van der Waals surface area contributed by atoms with Gasteiger partial charge in [0.25, 0.3) is 0 Å². The van der Waals surface area contributed by atoms with E-state index in [9.17, 15) is 9.59 Å². The molecular formula is C9H12O4. The monoisotopic (exact) mass is 184 g/mol. The molecule has 0 N–H and O–H groups in total. The number of carbonyl (C=O) groups excluding carboxylic acids is 2. The van der Waals surface area contributed by atoms with Crippen molar-refractivity contribution in [3.05, 3.63) is 11.3 Å². The summed E-state index contributed by atoms with van der Waals surface area (Å²) in [6, 6.07) is 0. The molecule has 0 aromatic rings. The third kappa shape index (κ3) is 1.43. The molecule has 1 heterocycles. The van der Waals surface area contributed by atoms with Crippen LogP contribution in [-0.2, 0) is 19.1 Å². The molecule has 1 aliphatic heterocycles. The Bertz CT molecular complexity index is 299. The summed E-state index contributed by atoms with van der Waals surface area (Å²) in [6.07, 6.45) is 0. The minimum Gasteiger partial charge on any atom is -0.496 e. The van der Waals surface area contributed by atoms with Gasteiger partial charge in [0, 0.05) is 0 Å². The zero-order valence-corrected chi connectivity index (χ0v) is 8.13. The Morgan fingerprint density at radius 1 is 1.46 bits per heavy atom. The first kappa shape index (κ1) is 9.77. The van der Waals surface area contributed by atoms with Gasteiger partial charge in [-0.05, 0) is 20.8 Å². The molecule has 0 aromatic heterocycles. The third-order valence-corrected chi connectivity index (χ3v) is 1.88. The number of methoxy groups -OCH3 is 1. The third-order valence-electron chi connectivity index (χ3n) is 1.88. The average molecular weight is 184 g/mol. The van der Waals surface area contributed by atoms with Crippen LogP contribution in [0.4, 0.5) is 0 Å². The van der Waals surface area contributed by atoms with Gasteiger partial charge in [-0.1, -0.05) is 0 Å². The highest BCUT2D eigenvalue weighted by atomic mass is 16.6. The van der Waals surface area contributed by atoms with E-state index >= 15 is 0 Å². The molecule has 0 saturated carbocycles. The molecule has 0 unspecified atom stereocenters. The molecule has 72 valence electrons. The van der Waals surface area contributed by atoms with Gasteiger partial charge in [-0.25, -0.2) is 4.79 Å². The second-order valence-corrected chi connectivity index (χ2v) is 3.36. The molecule has 0 radical (unpaired) electrons. The van der Waals surface area contributed by atoms with Crippen molar-refractivity contribution in [1.29, 1.82) is 0 Å². The predicted octanol–water partition coefficient (Wildman–Crippen LogP) is 0.811. The van der Waals surface area contributed by atoms with Crippen molar-refractivity contribution in [2.75, 3.05) is 7.11 Å². The second kappa shape index (κ2) is 2.87. The first-order chi connectivity index (χ1) is 5.90. The van der Waals surface area contributed by atoms with Crippen LogP contribution in [0.2, 0.25) is 0 Å². The fourth-order valence-corrected chi connectivity index (χ4v) is 1.37. The van der Waals surface area contributed by atoms with Crippen LogP contribution < -0.4 is 0 Å². The highest BCUT2D eigenvalue weighted by Crippen LogP contribution is 2.32. The number of rotatable bonds is 2. The molecule has 0 saturated heterocycles. The molecule has 4 heteroatoms. The van der Waals surface area contributed by atoms with Crippen LogP contribution in [0.3, 0.4) is 0 Å². The smallest absolute Gasteiger partial charge is 0.346 e. The van der Waals surface area contributed by atoms with E-state index in [1.54, 1.807) is 13.8 Å². The average Bonchev–Trinajstić information content (AvgIpc) is 2.18. The normalized spacial score (nSPS) is 20.2. The quantitative estimate of drug-likeness (QED) is 0.470. The van der Waals surface area contributed by atoms with Gasteiger partial charge in [-0.2, -0.15) is 0 Å². The zero-order valence-electron chi connectivity index (χ0n) is 8.13. The van der Waals surface area contributed by atoms with Crippen molar-refractivity contribution in [1.82, 2.24) is 0 Å². The molecule has 0 atom stereocenters. The second-order valence-electron chi connectivity index (χ2n) is 3.36. The summed E-state index contributed by atoms with van der Waals surface area (Å²) in [5.41, 5.74) is -0.806. The van der Waals surface area contributed by atoms with Gasteiger partial charge in [-0.15, -0.1) is 0 Å². The van der Waals surface area contributed by atoms with Gasteiger partial charge in [0.15, 0.2) is 17.1 Å². The van der Waals surface area contributed by atoms with Gasteiger partial charge < -0.3 is 9.47 Å². The molecule has 0 spiro atoms. The minimum atomic E-state index is -0.827. The molecule has 13 heavy (non-hydrogen) atoms. The topological polar surface area (TPSA) is 52.6 Å². The Morgan fingerprint density at radius 2 is 2.00 bits per heavy atom. The van der Waals surface area contributed by atoms with Crippen LogP contribution in [0.25, 0.3) is 0 Å². The van der Waals surface area contributed by atoms with Crippen LogP contribution in [0.5, 0.6) is 0 Å². The molecule has 0 aromatic carbocycles. The fourth-order valence-electron chi connectivity index (χ4n) is 1.37. The van der Waals surface area contributed by atoms with Gasteiger partial charge in [0.2, 0.25) is 0 Å². The van der Waals surface area contributed by atoms with Crippen molar-refractivity contribution in [3.8, 4) is 0 Å². The van der Waals surface area contributed by atoms with Crippen LogP contribution in [0, 0.1) is 0 Å². The lowest BCUT2D eigenvalue weighted by Gasteiger charge is -2.19. The molecular weight excluding hydrogens is 172 g/mol. The summed E-state index contributed by atoms with van der Waals surface area (Å²) in [5.74, 6) is -0.619. The Hall–Kier alpha value is -1.32. The van der Waals surface area contributed by atoms with Crippen molar-refractivity contribution >= 4 is 11.8 Å². The predicted molar refractivity (Wildman–Crippen MR) is 44.9 cm³/mol. The summed E-state index contributed by atoms with van der Waals surface area (Å²) in [6.45, 7) is 4.68. The van der Waals surface area contributed by atoms with Crippen molar-refractivity contribution in [2.45, 2.75) is 26.4 Å². The molecule has 0 fully saturated rings. The molecule has 1 rings (SSSR count). The lowest BCUT2D eigenvalue weighted by Crippen LogP contribution is -2.23. The van der Waals surface area contributed by atoms with E-state index in [1.807, 2.05) is 0 Å². The maximum Gasteiger partial charge on any atom is 0.346 e. The van der Waals surface area contributed by atoms with Crippen LogP contribution in [0.1, 0.15) is 20.8 Å². The Balaban J connectivity index is 3.24. The van der Waals surface area contributed by atoms with E-state index in [0.29, 0.717) is 5.76 Å². The summed E-state index contributed by atoms with van der Waals surface area (Å²) < 4.78 is 9.95. The minimum absolute atomic E-state index is 0.0208. The Morgan fingerprint density at radius 3 is 2.31 bits per heavy atom. The zero-order chi connectivity index (χ0) is 10.2. The van der Waals surface area contributed by atoms with Crippen LogP contribution in [-0.4, -0.2) is 24.5 Å². The maximum atomic E-state index is 11.2. The van der Waals surface area contributed by atoms with E-state index in [0.717, 1.165) is 0 Å². The largest absolute Gasteiger partial charge is 0.496 e. The Kier molecular flexibility index (Phi) is 2.15. The molecule has 1 aliphatic rings. The summed E-state index contributed by atoms with van der Waals surface area (Å²) >= 11 is 0. The number of ether oxygens (including phenoxy) is 2. The maximum absolute atomic E-state index is 11.2. The van der Waals surface area contributed by atoms with Crippen molar-refractivity contribution in [3.63, 3.8) is 0 Å². The number of esters is 1. The number of hydrogen-bond acceptors (Lipinski definition) is 4. The number of Topliss-reactive ketones (excluding diaryl/α,β-unsaturated/α-hetero) is 1. The van der Waals surface area contributed by atoms with E-state index in [-0.39, 0.29) is 11.4 Å². The number of hydrogen-bond donors (Lipinski definition) is 0. The number of cyclic esters (lactones) is 1.